The molecule has 9 nitrogen and oxygen atoms in total. The number of benzene rings is 2. The zero-order valence-electron chi connectivity index (χ0n) is 17.9. The van der Waals surface area contributed by atoms with Gasteiger partial charge in [-0.3, -0.25) is 9.59 Å². The molecule has 2 aliphatic rings. The third kappa shape index (κ3) is 4.08. The van der Waals surface area contributed by atoms with Crippen LogP contribution >= 0.6 is 0 Å². The predicted molar refractivity (Wildman–Crippen MR) is 117 cm³/mol. The van der Waals surface area contributed by atoms with Gasteiger partial charge in [-0.15, -0.1) is 5.10 Å². The van der Waals surface area contributed by atoms with Gasteiger partial charge in [0.05, 0.1) is 30.5 Å². The van der Waals surface area contributed by atoms with Crippen molar-refractivity contribution in [3.05, 3.63) is 82.7 Å². The summed E-state index contributed by atoms with van der Waals surface area (Å²) in [4.78, 5) is 29.3. The molecular weight excluding hydrogens is 420 g/mol. The van der Waals surface area contributed by atoms with Gasteiger partial charge in [0, 0.05) is 31.7 Å². The predicted octanol–water partition coefficient (Wildman–Crippen LogP) is 2.02. The van der Waals surface area contributed by atoms with E-state index in [4.69, 9.17) is 10.00 Å². The van der Waals surface area contributed by atoms with E-state index in [1.54, 1.807) is 38.7 Å². The second kappa shape index (κ2) is 8.84. The van der Waals surface area contributed by atoms with Crippen LogP contribution in [0.15, 0.2) is 54.6 Å². The standard InChI is InChI=1S/C24H22N6O3/c25-14-17-5-4-8-19(13-17)23(31)28-9-11-29(12-10-28)24(32)22-20-16-33-21(15-30(20)27-26-22)18-6-2-1-3-7-18/h1-8,13,21H,9-12,15-16H2/t21-/m1/s1. The second-order valence-electron chi connectivity index (χ2n) is 8.05. The number of ether oxygens (including phenoxy) is 1. The minimum atomic E-state index is -0.198. The molecule has 0 radical (unpaired) electrons. The van der Waals surface area contributed by atoms with E-state index in [0.29, 0.717) is 55.2 Å². The lowest BCUT2D eigenvalue weighted by molar-refractivity contribution is -0.00202. The van der Waals surface area contributed by atoms with Gasteiger partial charge < -0.3 is 14.5 Å². The Labute approximate surface area is 190 Å². The summed E-state index contributed by atoms with van der Waals surface area (Å²) < 4.78 is 7.74. The van der Waals surface area contributed by atoms with E-state index < -0.39 is 0 Å². The number of amides is 2. The molecule has 2 amide bonds. The van der Waals surface area contributed by atoms with Gasteiger partial charge in [-0.2, -0.15) is 5.26 Å². The second-order valence-corrected chi connectivity index (χ2v) is 8.05. The van der Waals surface area contributed by atoms with E-state index in [9.17, 15) is 9.59 Å². The van der Waals surface area contributed by atoms with Crippen LogP contribution in [0.2, 0.25) is 0 Å². The SMILES string of the molecule is N#Cc1cccc(C(=O)N2CCN(C(=O)c3nnn4c3CO[C@@H](c3ccccc3)C4)CC2)c1. The number of hydrogen-bond donors (Lipinski definition) is 0. The van der Waals surface area contributed by atoms with Crippen molar-refractivity contribution in [1.29, 1.82) is 5.26 Å². The molecule has 0 spiro atoms. The van der Waals surface area contributed by atoms with Crippen molar-refractivity contribution in [2.75, 3.05) is 26.2 Å². The third-order valence-corrected chi connectivity index (χ3v) is 6.06. The third-order valence-electron chi connectivity index (χ3n) is 6.06. The van der Waals surface area contributed by atoms with Gasteiger partial charge in [0.15, 0.2) is 5.69 Å². The fourth-order valence-electron chi connectivity index (χ4n) is 4.21. The molecule has 1 atom stereocenters. The topological polar surface area (TPSA) is 104 Å². The number of carbonyl (C=O) groups excluding carboxylic acids is 2. The normalized spacial score (nSPS) is 17.8. The van der Waals surface area contributed by atoms with Gasteiger partial charge in [-0.25, -0.2) is 4.68 Å². The molecule has 0 unspecified atom stereocenters. The van der Waals surface area contributed by atoms with Crippen LogP contribution in [0.4, 0.5) is 0 Å². The number of nitriles is 1. The number of aromatic nitrogens is 3. The fraction of sp³-hybridized carbons (Fsp3) is 0.292. The summed E-state index contributed by atoms with van der Waals surface area (Å²) in [6.45, 7) is 2.41. The molecular formula is C24H22N6O3. The molecule has 0 N–H and O–H groups in total. The number of fused-ring (bicyclic) bond motifs is 1. The summed E-state index contributed by atoms with van der Waals surface area (Å²) in [5, 5.41) is 17.4. The molecule has 2 aromatic carbocycles. The molecule has 1 saturated heterocycles. The van der Waals surface area contributed by atoms with Crippen molar-refractivity contribution in [3.63, 3.8) is 0 Å². The maximum absolute atomic E-state index is 13.1. The van der Waals surface area contributed by atoms with E-state index in [0.717, 1.165) is 5.56 Å². The van der Waals surface area contributed by atoms with Crippen molar-refractivity contribution in [2.24, 2.45) is 0 Å². The number of piperazine rings is 1. The van der Waals surface area contributed by atoms with Crippen molar-refractivity contribution >= 4 is 11.8 Å². The highest BCUT2D eigenvalue weighted by atomic mass is 16.5. The number of nitrogens with zero attached hydrogens (tertiary/aromatic N) is 6. The summed E-state index contributed by atoms with van der Waals surface area (Å²) in [5.74, 6) is -0.336. The first kappa shape index (κ1) is 20.8. The molecule has 0 saturated carbocycles. The van der Waals surface area contributed by atoms with E-state index in [1.807, 2.05) is 30.3 Å². The van der Waals surface area contributed by atoms with Crippen LogP contribution in [0.3, 0.4) is 0 Å². The first-order chi connectivity index (χ1) is 16.1. The van der Waals surface area contributed by atoms with Gasteiger partial charge >= 0.3 is 0 Å². The molecule has 3 heterocycles. The van der Waals surface area contributed by atoms with Gasteiger partial charge in [0.2, 0.25) is 0 Å². The van der Waals surface area contributed by atoms with Gasteiger partial charge in [-0.05, 0) is 23.8 Å². The smallest absolute Gasteiger partial charge is 0.276 e. The zero-order chi connectivity index (χ0) is 22.8. The highest BCUT2D eigenvalue weighted by Crippen LogP contribution is 2.27. The quantitative estimate of drug-likeness (QED) is 0.615. The van der Waals surface area contributed by atoms with Crippen LogP contribution in [-0.2, 0) is 17.9 Å². The van der Waals surface area contributed by atoms with E-state index in [-0.39, 0.29) is 24.5 Å². The van der Waals surface area contributed by atoms with Crippen molar-refractivity contribution in [2.45, 2.75) is 19.3 Å². The largest absolute Gasteiger partial charge is 0.365 e. The summed E-state index contributed by atoms with van der Waals surface area (Å²) in [7, 11) is 0. The van der Waals surface area contributed by atoms with Gasteiger partial charge in [-0.1, -0.05) is 41.6 Å². The van der Waals surface area contributed by atoms with E-state index in [2.05, 4.69) is 16.4 Å². The Balaban J connectivity index is 1.23. The fourth-order valence-corrected chi connectivity index (χ4v) is 4.21. The Bertz CT molecular complexity index is 1220. The first-order valence-electron chi connectivity index (χ1n) is 10.8. The Morgan fingerprint density at radius 3 is 2.42 bits per heavy atom. The summed E-state index contributed by atoms with van der Waals surface area (Å²) in [6, 6.07) is 18.6. The molecule has 0 bridgehead atoms. The lowest BCUT2D eigenvalue weighted by Crippen LogP contribution is -2.50. The maximum Gasteiger partial charge on any atom is 0.276 e. The minimum absolute atomic E-state index is 0.127. The Kier molecular flexibility index (Phi) is 5.59. The lowest BCUT2D eigenvalue weighted by atomic mass is 10.1. The van der Waals surface area contributed by atoms with Crippen molar-refractivity contribution in [3.8, 4) is 6.07 Å². The Hall–Kier alpha value is -4.03. The molecule has 1 fully saturated rings. The minimum Gasteiger partial charge on any atom is -0.365 e. The molecule has 3 aromatic rings. The first-order valence-corrected chi connectivity index (χ1v) is 10.8. The van der Waals surface area contributed by atoms with Crippen LogP contribution in [0, 0.1) is 11.3 Å². The molecule has 0 aliphatic carbocycles. The van der Waals surface area contributed by atoms with Gasteiger partial charge in [0.1, 0.15) is 6.10 Å². The molecule has 33 heavy (non-hydrogen) atoms. The molecule has 9 heteroatoms. The van der Waals surface area contributed by atoms with Crippen molar-refractivity contribution < 1.29 is 14.3 Å². The molecule has 2 aliphatic heterocycles. The average Bonchev–Trinajstić information content (AvgIpc) is 3.32. The summed E-state index contributed by atoms with van der Waals surface area (Å²) in [5.41, 5.74) is 2.98. The number of carbonyl (C=O) groups is 2. The Morgan fingerprint density at radius 2 is 1.70 bits per heavy atom. The van der Waals surface area contributed by atoms with Crippen molar-refractivity contribution in [1.82, 2.24) is 24.8 Å². The number of rotatable bonds is 3. The summed E-state index contributed by atoms with van der Waals surface area (Å²) in [6.07, 6.45) is -0.127. The van der Waals surface area contributed by atoms with E-state index >= 15 is 0 Å². The van der Waals surface area contributed by atoms with Crippen LogP contribution in [-0.4, -0.2) is 62.8 Å². The molecule has 1 aromatic heterocycles. The average molecular weight is 442 g/mol. The lowest BCUT2D eigenvalue weighted by Gasteiger charge is -2.34. The van der Waals surface area contributed by atoms with E-state index in [1.165, 1.54) is 0 Å². The van der Waals surface area contributed by atoms with Crippen LogP contribution in [0.5, 0.6) is 0 Å². The maximum atomic E-state index is 13.1. The molecule has 5 rings (SSSR count). The number of hydrogen-bond acceptors (Lipinski definition) is 6. The Morgan fingerprint density at radius 1 is 0.970 bits per heavy atom. The van der Waals surface area contributed by atoms with Crippen LogP contribution in [0.25, 0.3) is 0 Å². The van der Waals surface area contributed by atoms with Gasteiger partial charge in [0.25, 0.3) is 11.8 Å². The highest BCUT2D eigenvalue weighted by molar-refractivity contribution is 5.95. The summed E-state index contributed by atoms with van der Waals surface area (Å²) >= 11 is 0. The molecule has 166 valence electrons. The highest BCUT2D eigenvalue weighted by Gasteiger charge is 2.32. The monoisotopic (exact) mass is 442 g/mol. The van der Waals surface area contributed by atoms with Crippen LogP contribution in [0.1, 0.15) is 43.8 Å². The van der Waals surface area contributed by atoms with Crippen LogP contribution < -0.4 is 0 Å². The zero-order valence-corrected chi connectivity index (χ0v) is 17.9.